The fraction of sp³-hybridized carbons (Fsp3) is 0.400. The fourth-order valence-corrected chi connectivity index (χ4v) is 4.09. The summed E-state index contributed by atoms with van der Waals surface area (Å²) in [7, 11) is -3.61. The quantitative estimate of drug-likeness (QED) is 0.855. The molecule has 0 bridgehead atoms. The number of sulfonamides is 1. The predicted molar refractivity (Wildman–Crippen MR) is 83.3 cm³/mol. The minimum absolute atomic E-state index is 0.127. The van der Waals surface area contributed by atoms with Gasteiger partial charge in [-0.25, -0.2) is 12.8 Å². The Morgan fingerprint density at radius 2 is 1.83 bits per heavy atom. The molecule has 23 heavy (non-hydrogen) atoms. The van der Waals surface area contributed by atoms with Crippen LogP contribution in [0.25, 0.3) is 0 Å². The minimum Gasteiger partial charge on any atom is -0.360 e. The first-order valence-electron chi connectivity index (χ1n) is 7.32. The Balaban J connectivity index is 1.74. The van der Waals surface area contributed by atoms with Crippen LogP contribution in [0, 0.1) is 19.7 Å². The highest BCUT2D eigenvalue weighted by atomic mass is 32.2. The smallest absolute Gasteiger partial charge is 0.243 e. The van der Waals surface area contributed by atoms with E-state index >= 15 is 0 Å². The number of halogens is 1. The number of piperazine rings is 1. The highest BCUT2D eigenvalue weighted by Gasteiger charge is 2.29. The molecule has 1 aromatic heterocycles. The number of rotatable bonds is 3. The standard InChI is InChI=1S/C15H18FN3O3S/c1-11-9-13(3-4-14(11)16)23(20,21)19-7-5-18(6-8-19)15-10-12(2)22-17-15/h3-4,9-10H,5-8H2,1-2H3. The van der Waals surface area contributed by atoms with Crippen molar-refractivity contribution in [2.24, 2.45) is 0 Å². The van der Waals surface area contributed by atoms with Gasteiger partial charge in [0.05, 0.1) is 4.90 Å². The molecule has 0 saturated carbocycles. The zero-order chi connectivity index (χ0) is 16.6. The van der Waals surface area contributed by atoms with E-state index in [9.17, 15) is 12.8 Å². The van der Waals surface area contributed by atoms with Crippen molar-refractivity contribution in [3.05, 3.63) is 41.4 Å². The van der Waals surface area contributed by atoms with Crippen molar-refractivity contribution in [3.8, 4) is 0 Å². The Bertz CT molecular complexity index is 811. The molecule has 0 atom stereocenters. The van der Waals surface area contributed by atoms with Crippen molar-refractivity contribution in [1.82, 2.24) is 9.46 Å². The second-order valence-corrected chi connectivity index (χ2v) is 7.54. The van der Waals surface area contributed by atoms with Crippen molar-refractivity contribution in [2.45, 2.75) is 18.7 Å². The van der Waals surface area contributed by atoms with Gasteiger partial charge in [-0.05, 0) is 37.6 Å². The topological polar surface area (TPSA) is 66.7 Å². The van der Waals surface area contributed by atoms with E-state index in [1.807, 2.05) is 17.9 Å². The number of hydrogen-bond acceptors (Lipinski definition) is 5. The van der Waals surface area contributed by atoms with E-state index in [4.69, 9.17) is 4.52 Å². The fourth-order valence-electron chi connectivity index (χ4n) is 2.59. The van der Waals surface area contributed by atoms with Crippen molar-refractivity contribution in [2.75, 3.05) is 31.1 Å². The van der Waals surface area contributed by atoms with Crippen LogP contribution in [0.5, 0.6) is 0 Å². The van der Waals surface area contributed by atoms with E-state index in [0.717, 1.165) is 11.6 Å². The van der Waals surface area contributed by atoms with Crippen LogP contribution < -0.4 is 4.90 Å². The summed E-state index contributed by atoms with van der Waals surface area (Å²) in [4.78, 5) is 2.11. The molecular weight excluding hydrogens is 321 g/mol. The molecule has 0 unspecified atom stereocenters. The Hall–Kier alpha value is -1.93. The van der Waals surface area contributed by atoms with E-state index in [0.29, 0.717) is 31.7 Å². The number of anilines is 1. The molecular formula is C15H18FN3O3S. The van der Waals surface area contributed by atoms with Gasteiger partial charge < -0.3 is 9.42 Å². The highest BCUT2D eigenvalue weighted by molar-refractivity contribution is 7.89. The van der Waals surface area contributed by atoms with Gasteiger partial charge in [0.15, 0.2) is 5.82 Å². The van der Waals surface area contributed by atoms with Crippen LogP contribution in [0.15, 0.2) is 33.7 Å². The van der Waals surface area contributed by atoms with Crippen LogP contribution >= 0.6 is 0 Å². The van der Waals surface area contributed by atoms with Gasteiger partial charge >= 0.3 is 0 Å². The van der Waals surface area contributed by atoms with E-state index in [1.165, 1.54) is 22.5 Å². The molecule has 1 aromatic carbocycles. The van der Waals surface area contributed by atoms with E-state index in [1.54, 1.807) is 6.92 Å². The zero-order valence-electron chi connectivity index (χ0n) is 13.0. The highest BCUT2D eigenvalue weighted by Crippen LogP contribution is 2.22. The summed E-state index contributed by atoms with van der Waals surface area (Å²) in [5.74, 6) is 1.03. The molecule has 0 spiro atoms. The number of aromatic nitrogens is 1. The third-order valence-corrected chi connectivity index (χ3v) is 5.84. The molecule has 1 saturated heterocycles. The van der Waals surface area contributed by atoms with Crippen LogP contribution in [-0.2, 0) is 10.0 Å². The molecule has 0 N–H and O–H groups in total. The maximum Gasteiger partial charge on any atom is 0.243 e. The maximum atomic E-state index is 13.3. The number of hydrogen-bond donors (Lipinski definition) is 0. The summed E-state index contributed by atoms with van der Waals surface area (Å²) < 4.78 is 45.1. The first kappa shape index (κ1) is 15.9. The Labute approximate surface area is 134 Å². The monoisotopic (exact) mass is 339 g/mol. The number of benzene rings is 1. The van der Waals surface area contributed by atoms with Crippen molar-refractivity contribution in [1.29, 1.82) is 0 Å². The molecule has 0 radical (unpaired) electrons. The van der Waals surface area contributed by atoms with Crippen LogP contribution in [0.3, 0.4) is 0 Å². The zero-order valence-corrected chi connectivity index (χ0v) is 13.8. The summed E-state index contributed by atoms with van der Waals surface area (Å²) in [6.07, 6.45) is 0. The van der Waals surface area contributed by atoms with Gasteiger partial charge in [0.25, 0.3) is 0 Å². The van der Waals surface area contributed by atoms with Gasteiger partial charge in [0.2, 0.25) is 10.0 Å². The predicted octanol–water partition coefficient (Wildman–Crippen LogP) is 1.94. The van der Waals surface area contributed by atoms with Crippen LogP contribution in [0.4, 0.5) is 10.2 Å². The number of aryl methyl sites for hydroxylation is 2. The van der Waals surface area contributed by atoms with Gasteiger partial charge in [0, 0.05) is 32.2 Å². The van der Waals surface area contributed by atoms with Gasteiger partial charge in [-0.2, -0.15) is 4.31 Å². The summed E-state index contributed by atoms with van der Waals surface area (Å²) in [5, 5.41) is 3.95. The van der Waals surface area contributed by atoms with E-state index in [-0.39, 0.29) is 4.90 Å². The van der Waals surface area contributed by atoms with E-state index in [2.05, 4.69) is 5.16 Å². The molecule has 1 aliphatic heterocycles. The Morgan fingerprint density at radius 3 is 2.39 bits per heavy atom. The van der Waals surface area contributed by atoms with Crippen LogP contribution in [-0.4, -0.2) is 44.1 Å². The average molecular weight is 339 g/mol. The van der Waals surface area contributed by atoms with Crippen molar-refractivity contribution in [3.63, 3.8) is 0 Å². The molecule has 0 aliphatic carbocycles. The Kier molecular flexibility index (Phi) is 4.11. The molecule has 3 rings (SSSR count). The lowest BCUT2D eigenvalue weighted by Gasteiger charge is -2.33. The summed E-state index contributed by atoms with van der Waals surface area (Å²) in [6.45, 7) is 5.14. The van der Waals surface area contributed by atoms with Crippen LogP contribution in [0.2, 0.25) is 0 Å². The molecule has 1 aliphatic rings. The second-order valence-electron chi connectivity index (χ2n) is 5.60. The first-order valence-corrected chi connectivity index (χ1v) is 8.76. The lowest BCUT2D eigenvalue weighted by molar-refractivity contribution is 0.371. The normalized spacial score (nSPS) is 16.7. The Morgan fingerprint density at radius 1 is 1.13 bits per heavy atom. The molecule has 2 heterocycles. The lowest BCUT2D eigenvalue weighted by Crippen LogP contribution is -2.48. The van der Waals surface area contributed by atoms with Gasteiger partial charge in [0.1, 0.15) is 11.6 Å². The molecule has 8 heteroatoms. The van der Waals surface area contributed by atoms with Gasteiger partial charge in [-0.15, -0.1) is 0 Å². The lowest BCUT2D eigenvalue weighted by atomic mass is 10.2. The molecule has 6 nitrogen and oxygen atoms in total. The molecule has 124 valence electrons. The van der Waals surface area contributed by atoms with Gasteiger partial charge in [-0.3, -0.25) is 0 Å². The SMILES string of the molecule is Cc1cc(N2CCN(S(=O)(=O)c3ccc(F)c(C)c3)CC2)no1. The summed E-state index contributed by atoms with van der Waals surface area (Å²) >= 11 is 0. The molecule has 0 amide bonds. The van der Waals surface area contributed by atoms with Crippen molar-refractivity contribution >= 4 is 15.8 Å². The molecule has 2 aromatic rings. The number of nitrogens with zero attached hydrogens (tertiary/aromatic N) is 3. The average Bonchev–Trinajstić information content (AvgIpc) is 2.96. The second kappa shape index (κ2) is 5.93. The first-order chi connectivity index (χ1) is 10.9. The van der Waals surface area contributed by atoms with E-state index < -0.39 is 15.8 Å². The van der Waals surface area contributed by atoms with Crippen LogP contribution in [0.1, 0.15) is 11.3 Å². The summed E-state index contributed by atoms with van der Waals surface area (Å²) in [6, 6.07) is 5.70. The van der Waals surface area contributed by atoms with Gasteiger partial charge in [-0.1, -0.05) is 5.16 Å². The molecule has 1 fully saturated rings. The minimum atomic E-state index is -3.61. The van der Waals surface area contributed by atoms with Crippen molar-refractivity contribution < 1.29 is 17.3 Å². The largest absolute Gasteiger partial charge is 0.360 e. The third-order valence-electron chi connectivity index (χ3n) is 3.95. The summed E-state index contributed by atoms with van der Waals surface area (Å²) in [5.41, 5.74) is 0.322. The maximum absolute atomic E-state index is 13.3. The third kappa shape index (κ3) is 3.09.